The molecule has 1 fully saturated rings. The maximum absolute atomic E-state index is 14.2. The van der Waals surface area contributed by atoms with Gasteiger partial charge in [0.1, 0.15) is 5.82 Å². The summed E-state index contributed by atoms with van der Waals surface area (Å²) >= 11 is 0. The quantitative estimate of drug-likeness (QED) is 0.599. The summed E-state index contributed by atoms with van der Waals surface area (Å²) in [5, 5.41) is 0. The number of halogens is 1. The first-order valence-corrected chi connectivity index (χ1v) is 11.2. The Hall–Kier alpha value is -2.58. The van der Waals surface area contributed by atoms with Crippen LogP contribution in [0.1, 0.15) is 48.7 Å². The molecule has 0 saturated heterocycles. The van der Waals surface area contributed by atoms with Gasteiger partial charge in [-0.15, -0.1) is 0 Å². The lowest BCUT2D eigenvalue weighted by Gasteiger charge is -2.31. The highest BCUT2D eigenvalue weighted by Crippen LogP contribution is 2.35. The molecule has 0 heterocycles. The number of hydrogen-bond donors (Lipinski definition) is 0. The standard InChI is InChI=1S/C22H25FN2O4S/c1-15(20-6-4-5-7-21(20)23)25(18-10-11-18)22(27)14-24(3)30(28,29)19-12-8-17(9-13-19)16(2)26/h4-9,12-13,15,18H,10-11,14H2,1-3H3. The highest BCUT2D eigenvalue weighted by molar-refractivity contribution is 7.89. The van der Waals surface area contributed by atoms with Gasteiger partial charge in [0.15, 0.2) is 5.78 Å². The zero-order valence-corrected chi connectivity index (χ0v) is 18.0. The van der Waals surface area contributed by atoms with Crippen molar-refractivity contribution in [2.24, 2.45) is 0 Å². The zero-order chi connectivity index (χ0) is 22.1. The third-order valence-corrected chi connectivity index (χ3v) is 7.15. The first-order chi connectivity index (χ1) is 14.1. The predicted octanol–water partition coefficient (Wildman–Crippen LogP) is 3.40. The number of sulfonamides is 1. The number of nitrogens with zero attached hydrogens (tertiary/aromatic N) is 2. The van der Waals surface area contributed by atoms with Crippen molar-refractivity contribution in [2.75, 3.05) is 13.6 Å². The Labute approximate surface area is 176 Å². The topological polar surface area (TPSA) is 74.8 Å². The van der Waals surface area contributed by atoms with Gasteiger partial charge in [-0.2, -0.15) is 4.31 Å². The minimum Gasteiger partial charge on any atom is -0.332 e. The van der Waals surface area contributed by atoms with E-state index in [1.807, 2.05) is 0 Å². The molecule has 2 aromatic rings. The number of Topliss-reactive ketones (excluding diaryl/α,β-unsaturated/α-hetero) is 1. The average Bonchev–Trinajstić information content (AvgIpc) is 3.53. The number of carbonyl (C=O) groups is 2. The summed E-state index contributed by atoms with van der Waals surface area (Å²) in [5.74, 6) is -0.931. The van der Waals surface area contributed by atoms with Crippen LogP contribution >= 0.6 is 0 Å². The van der Waals surface area contributed by atoms with Crippen molar-refractivity contribution in [1.82, 2.24) is 9.21 Å². The Balaban J connectivity index is 1.78. The molecular formula is C22H25FN2O4S. The summed E-state index contributed by atoms with van der Waals surface area (Å²) in [7, 11) is -2.58. The van der Waals surface area contributed by atoms with Gasteiger partial charge in [0.05, 0.1) is 17.5 Å². The number of amides is 1. The van der Waals surface area contributed by atoms with Gasteiger partial charge in [-0.3, -0.25) is 9.59 Å². The molecule has 30 heavy (non-hydrogen) atoms. The Bertz CT molecular complexity index is 1050. The number of ketones is 1. The Kier molecular flexibility index (Phi) is 6.38. The van der Waals surface area contributed by atoms with Crippen LogP contribution in [0.25, 0.3) is 0 Å². The Morgan fingerprint density at radius 3 is 2.23 bits per heavy atom. The van der Waals surface area contributed by atoms with Gasteiger partial charge >= 0.3 is 0 Å². The lowest BCUT2D eigenvalue weighted by atomic mass is 10.1. The van der Waals surface area contributed by atoms with E-state index >= 15 is 0 Å². The molecule has 1 aliphatic carbocycles. The Morgan fingerprint density at radius 2 is 1.70 bits per heavy atom. The van der Waals surface area contributed by atoms with Crippen molar-refractivity contribution in [3.05, 3.63) is 65.5 Å². The van der Waals surface area contributed by atoms with E-state index in [2.05, 4.69) is 0 Å². The van der Waals surface area contributed by atoms with Gasteiger partial charge in [-0.25, -0.2) is 12.8 Å². The minimum atomic E-state index is -3.91. The van der Waals surface area contributed by atoms with Crippen LogP contribution in [0.15, 0.2) is 53.4 Å². The maximum Gasteiger partial charge on any atom is 0.243 e. The van der Waals surface area contributed by atoms with E-state index < -0.39 is 21.9 Å². The molecule has 3 rings (SSSR count). The fourth-order valence-electron chi connectivity index (χ4n) is 3.45. The molecule has 2 aromatic carbocycles. The first kappa shape index (κ1) is 22.1. The lowest BCUT2D eigenvalue weighted by Crippen LogP contribution is -2.43. The van der Waals surface area contributed by atoms with E-state index in [1.165, 1.54) is 44.3 Å². The SMILES string of the molecule is CC(=O)c1ccc(S(=O)(=O)N(C)CC(=O)N(C2CC2)C(C)c2ccccc2F)cc1. The van der Waals surface area contributed by atoms with Crippen LogP contribution in [-0.2, 0) is 14.8 Å². The molecule has 1 saturated carbocycles. The largest absolute Gasteiger partial charge is 0.332 e. The van der Waals surface area contributed by atoms with E-state index in [9.17, 15) is 22.4 Å². The average molecular weight is 433 g/mol. The third-order valence-electron chi connectivity index (χ3n) is 5.33. The molecule has 6 nitrogen and oxygen atoms in total. The summed E-state index contributed by atoms with van der Waals surface area (Å²) in [6.07, 6.45) is 1.63. The van der Waals surface area contributed by atoms with Gasteiger partial charge in [0, 0.05) is 24.2 Å². The highest BCUT2D eigenvalue weighted by Gasteiger charge is 2.38. The van der Waals surface area contributed by atoms with Crippen LogP contribution < -0.4 is 0 Å². The van der Waals surface area contributed by atoms with E-state index in [1.54, 1.807) is 30.0 Å². The van der Waals surface area contributed by atoms with Crippen LogP contribution in [0.2, 0.25) is 0 Å². The van der Waals surface area contributed by atoms with Gasteiger partial charge in [0.25, 0.3) is 0 Å². The Morgan fingerprint density at radius 1 is 1.10 bits per heavy atom. The third kappa shape index (κ3) is 4.60. The number of benzene rings is 2. The molecule has 0 N–H and O–H groups in total. The van der Waals surface area contributed by atoms with Gasteiger partial charge in [-0.1, -0.05) is 30.3 Å². The molecular weight excluding hydrogens is 407 g/mol. The van der Waals surface area contributed by atoms with Crippen molar-refractivity contribution >= 4 is 21.7 Å². The molecule has 0 radical (unpaired) electrons. The lowest BCUT2D eigenvalue weighted by molar-refractivity contribution is -0.134. The van der Waals surface area contributed by atoms with Crippen molar-refractivity contribution in [2.45, 2.75) is 43.7 Å². The molecule has 1 unspecified atom stereocenters. The number of rotatable bonds is 8. The van der Waals surface area contributed by atoms with E-state index in [0.29, 0.717) is 11.1 Å². The van der Waals surface area contributed by atoms with Crippen molar-refractivity contribution in [3.63, 3.8) is 0 Å². The summed E-state index contributed by atoms with van der Waals surface area (Å²) in [5.41, 5.74) is 0.814. The normalized spacial score (nSPS) is 15.1. The van der Waals surface area contributed by atoms with Gasteiger partial charge in [-0.05, 0) is 44.9 Å². The molecule has 1 atom stereocenters. The van der Waals surface area contributed by atoms with Crippen molar-refractivity contribution in [3.8, 4) is 0 Å². The number of carbonyl (C=O) groups excluding carboxylic acids is 2. The summed E-state index contributed by atoms with van der Waals surface area (Å²) in [4.78, 5) is 26.0. The highest BCUT2D eigenvalue weighted by atomic mass is 32.2. The zero-order valence-electron chi connectivity index (χ0n) is 17.2. The minimum absolute atomic E-state index is 0.00271. The molecule has 0 spiro atoms. The van der Waals surface area contributed by atoms with Gasteiger partial charge in [0.2, 0.25) is 15.9 Å². The number of likely N-dealkylation sites (N-methyl/N-ethyl adjacent to an activating group) is 1. The molecule has 0 aliphatic heterocycles. The van der Waals surface area contributed by atoms with E-state index in [-0.39, 0.29) is 29.2 Å². The molecule has 0 aromatic heterocycles. The summed E-state index contributed by atoms with van der Waals surface area (Å²) in [6.45, 7) is 2.80. The second kappa shape index (κ2) is 8.65. The fraction of sp³-hybridized carbons (Fsp3) is 0.364. The maximum atomic E-state index is 14.2. The summed E-state index contributed by atoms with van der Waals surface area (Å²) < 4.78 is 41.0. The van der Waals surface area contributed by atoms with Crippen LogP contribution in [0.4, 0.5) is 4.39 Å². The van der Waals surface area contributed by atoms with Crippen LogP contribution in [0.5, 0.6) is 0 Å². The van der Waals surface area contributed by atoms with Crippen LogP contribution in [0, 0.1) is 5.82 Å². The molecule has 1 aliphatic rings. The number of hydrogen-bond acceptors (Lipinski definition) is 4. The molecule has 8 heteroatoms. The first-order valence-electron chi connectivity index (χ1n) is 9.76. The van der Waals surface area contributed by atoms with Crippen molar-refractivity contribution < 1.29 is 22.4 Å². The van der Waals surface area contributed by atoms with Crippen LogP contribution in [0.3, 0.4) is 0 Å². The summed E-state index contributed by atoms with van der Waals surface area (Å²) in [6, 6.07) is 11.4. The predicted molar refractivity (Wildman–Crippen MR) is 111 cm³/mol. The monoisotopic (exact) mass is 432 g/mol. The fourth-order valence-corrected chi connectivity index (χ4v) is 4.57. The van der Waals surface area contributed by atoms with Crippen molar-refractivity contribution in [1.29, 1.82) is 0 Å². The van der Waals surface area contributed by atoms with E-state index in [4.69, 9.17) is 0 Å². The smallest absolute Gasteiger partial charge is 0.243 e. The second-order valence-electron chi connectivity index (χ2n) is 7.57. The van der Waals surface area contributed by atoms with Gasteiger partial charge < -0.3 is 4.90 Å². The molecule has 160 valence electrons. The molecule has 0 bridgehead atoms. The second-order valence-corrected chi connectivity index (χ2v) is 9.62. The van der Waals surface area contributed by atoms with Crippen LogP contribution in [-0.4, -0.2) is 48.9 Å². The van der Waals surface area contributed by atoms with E-state index in [0.717, 1.165) is 17.1 Å². The molecule has 1 amide bonds.